The van der Waals surface area contributed by atoms with Crippen molar-refractivity contribution >= 4 is 17.7 Å². The molecule has 3 nitrogen and oxygen atoms in total. The van der Waals surface area contributed by atoms with Gasteiger partial charge in [-0.05, 0) is 37.8 Å². The van der Waals surface area contributed by atoms with Gasteiger partial charge in [-0.15, -0.1) is 11.8 Å². The van der Waals surface area contributed by atoms with Crippen LogP contribution in [0.4, 0.5) is 0 Å². The lowest BCUT2D eigenvalue weighted by molar-refractivity contribution is 0.0430. The highest BCUT2D eigenvalue weighted by Gasteiger charge is 2.42. The number of benzene rings is 1. The van der Waals surface area contributed by atoms with Crippen molar-refractivity contribution in [2.45, 2.75) is 36.7 Å². The molecule has 108 valence electrons. The largest absolute Gasteiger partial charge is 0.330 e. The molecule has 2 bridgehead atoms. The van der Waals surface area contributed by atoms with Crippen molar-refractivity contribution in [3.05, 3.63) is 29.8 Å². The summed E-state index contributed by atoms with van der Waals surface area (Å²) in [4.78, 5) is 18.7. The smallest absolute Gasteiger partial charge is 0.255 e. The molecule has 4 heteroatoms. The van der Waals surface area contributed by atoms with Gasteiger partial charge in [0, 0.05) is 30.1 Å². The average molecular weight is 290 g/mol. The highest BCUT2D eigenvalue weighted by atomic mass is 32.2. The zero-order valence-corrected chi connectivity index (χ0v) is 13.0. The minimum atomic E-state index is 0.234. The van der Waals surface area contributed by atoms with E-state index in [1.165, 1.54) is 0 Å². The van der Waals surface area contributed by atoms with Crippen LogP contribution in [0.15, 0.2) is 29.2 Å². The number of amides is 1. The first-order valence-corrected chi connectivity index (χ1v) is 8.65. The molecular formula is C16H22N2OS. The number of likely N-dealkylation sites (tertiary alicyclic amines) is 1. The number of hydrogen-bond donors (Lipinski definition) is 0. The van der Waals surface area contributed by atoms with E-state index in [-0.39, 0.29) is 5.91 Å². The summed E-state index contributed by atoms with van der Waals surface area (Å²) in [5.41, 5.74) is 0.877. The average Bonchev–Trinajstić information content (AvgIpc) is 2.76. The van der Waals surface area contributed by atoms with Crippen molar-refractivity contribution in [3.63, 3.8) is 0 Å². The Morgan fingerprint density at radius 3 is 2.50 bits per heavy atom. The molecule has 20 heavy (non-hydrogen) atoms. The van der Waals surface area contributed by atoms with Crippen molar-refractivity contribution in [2.24, 2.45) is 0 Å². The fourth-order valence-corrected chi connectivity index (χ4v) is 4.13. The highest BCUT2D eigenvalue weighted by molar-refractivity contribution is 7.98. The number of likely N-dealkylation sites (N-methyl/N-ethyl adjacent to an activating group) is 1. The summed E-state index contributed by atoms with van der Waals surface area (Å²) in [7, 11) is 0. The van der Waals surface area contributed by atoms with Gasteiger partial charge in [-0.3, -0.25) is 9.69 Å². The van der Waals surface area contributed by atoms with Crippen molar-refractivity contribution in [1.29, 1.82) is 0 Å². The quantitative estimate of drug-likeness (QED) is 0.800. The summed E-state index contributed by atoms with van der Waals surface area (Å²) in [5, 5.41) is 0. The molecule has 0 spiro atoms. The second-order valence-electron chi connectivity index (χ2n) is 5.65. The first-order chi connectivity index (χ1) is 9.74. The summed E-state index contributed by atoms with van der Waals surface area (Å²) in [6, 6.07) is 8.82. The van der Waals surface area contributed by atoms with Crippen molar-refractivity contribution in [1.82, 2.24) is 9.80 Å². The second-order valence-corrected chi connectivity index (χ2v) is 6.50. The van der Waals surface area contributed by atoms with Crippen LogP contribution in [-0.2, 0) is 0 Å². The molecule has 2 heterocycles. The van der Waals surface area contributed by atoms with Gasteiger partial charge < -0.3 is 4.90 Å². The van der Waals surface area contributed by atoms with Crippen LogP contribution in [0.5, 0.6) is 0 Å². The third-order valence-corrected chi connectivity index (χ3v) is 5.37. The van der Waals surface area contributed by atoms with Crippen molar-refractivity contribution in [2.75, 3.05) is 25.9 Å². The number of fused-ring (bicyclic) bond motifs is 2. The Balaban J connectivity index is 1.85. The summed E-state index contributed by atoms with van der Waals surface area (Å²) in [6.07, 6.45) is 4.36. The van der Waals surface area contributed by atoms with Gasteiger partial charge >= 0.3 is 0 Å². The van der Waals surface area contributed by atoms with Gasteiger partial charge in [-0.1, -0.05) is 19.1 Å². The van der Waals surface area contributed by atoms with E-state index >= 15 is 0 Å². The van der Waals surface area contributed by atoms with E-state index in [1.807, 2.05) is 30.5 Å². The third-order valence-electron chi connectivity index (χ3n) is 4.58. The number of nitrogens with zero attached hydrogens (tertiary/aromatic N) is 2. The Labute approximate surface area is 125 Å². The minimum absolute atomic E-state index is 0.234. The minimum Gasteiger partial charge on any atom is -0.330 e. The Morgan fingerprint density at radius 1 is 1.25 bits per heavy atom. The molecule has 2 aliphatic rings. The molecule has 1 aromatic rings. The normalized spacial score (nSPS) is 26.0. The van der Waals surface area contributed by atoms with Crippen molar-refractivity contribution in [3.8, 4) is 0 Å². The molecule has 1 amide bonds. The molecular weight excluding hydrogens is 268 g/mol. The summed E-state index contributed by atoms with van der Waals surface area (Å²) < 4.78 is 0. The maximum atomic E-state index is 12.9. The van der Waals surface area contributed by atoms with E-state index in [1.54, 1.807) is 11.8 Å². The number of carbonyl (C=O) groups excluding carboxylic acids is 1. The van der Waals surface area contributed by atoms with Crippen LogP contribution < -0.4 is 0 Å². The van der Waals surface area contributed by atoms with Crippen LogP contribution >= 0.6 is 11.8 Å². The monoisotopic (exact) mass is 290 g/mol. The zero-order valence-electron chi connectivity index (χ0n) is 12.2. The Morgan fingerprint density at radius 2 is 1.90 bits per heavy atom. The van der Waals surface area contributed by atoms with Gasteiger partial charge in [0.25, 0.3) is 5.91 Å². The molecule has 2 saturated heterocycles. The number of rotatable bonds is 3. The van der Waals surface area contributed by atoms with Crippen LogP contribution in [0.3, 0.4) is 0 Å². The molecule has 2 aliphatic heterocycles. The standard InChI is InChI=1S/C16H22N2OS/c1-3-17-10-12-8-9-13(11-17)18(12)16(19)14-6-4-5-7-15(14)20-2/h4-7,12-13H,3,8-11H2,1-2H3. The van der Waals surface area contributed by atoms with E-state index in [0.717, 1.165) is 42.9 Å². The van der Waals surface area contributed by atoms with Gasteiger partial charge in [0.2, 0.25) is 0 Å². The fourth-order valence-electron chi connectivity index (χ4n) is 3.54. The van der Waals surface area contributed by atoms with E-state index < -0.39 is 0 Å². The molecule has 0 aromatic heterocycles. The first-order valence-electron chi connectivity index (χ1n) is 7.42. The van der Waals surface area contributed by atoms with Crippen LogP contribution in [0.2, 0.25) is 0 Å². The SMILES string of the molecule is CCN1CC2CCC(C1)N2C(=O)c1ccccc1SC. The van der Waals surface area contributed by atoms with Crippen LogP contribution in [0, 0.1) is 0 Å². The van der Waals surface area contributed by atoms with Crippen LogP contribution in [-0.4, -0.2) is 53.7 Å². The lowest BCUT2D eigenvalue weighted by Crippen LogP contribution is -2.55. The van der Waals surface area contributed by atoms with E-state index in [4.69, 9.17) is 0 Å². The van der Waals surface area contributed by atoms with E-state index in [9.17, 15) is 4.79 Å². The van der Waals surface area contributed by atoms with Crippen molar-refractivity contribution < 1.29 is 4.79 Å². The number of hydrogen-bond acceptors (Lipinski definition) is 3. The lowest BCUT2D eigenvalue weighted by atomic mass is 10.1. The van der Waals surface area contributed by atoms with Gasteiger partial charge in [-0.25, -0.2) is 0 Å². The van der Waals surface area contributed by atoms with Crippen LogP contribution in [0.1, 0.15) is 30.1 Å². The maximum absolute atomic E-state index is 12.9. The highest BCUT2D eigenvalue weighted by Crippen LogP contribution is 2.33. The Kier molecular flexibility index (Phi) is 4.03. The molecule has 0 saturated carbocycles. The van der Waals surface area contributed by atoms with E-state index in [2.05, 4.69) is 16.7 Å². The molecule has 2 unspecified atom stereocenters. The molecule has 0 N–H and O–H groups in total. The molecule has 0 aliphatic carbocycles. The van der Waals surface area contributed by atoms with Crippen LogP contribution in [0.25, 0.3) is 0 Å². The molecule has 1 aromatic carbocycles. The number of thioether (sulfide) groups is 1. The fraction of sp³-hybridized carbons (Fsp3) is 0.562. The summed E-state index contributed by atoms with van der Waals surface area (Å²) in [6.45, 7) is 5.39. The van der Waals surface area contributed by atoms with E-state index in [0.29, 0.717) is 12.1 Å². The van der Waals surface area contributed by atoms with Gasteiger partial charge in [-0.2, -0.15) is 0 Å². The van der Waals surface area contributed by atoms with Gasteiger partial charge in [0.05, 0.1) is 5.56 Å². The molecule has 0 radical (unpaired) electrons. The lowest BCUT2D eigenvalue weighted by Gasteiger charge is -2.41. The molecule has 2 fully saturated rings. The molecule has 3 rings (SSSR count). The number of carbonyl (C=O) groups is 1. The predicted octanol–water partition coefficient (Wildman–Crippen LogP) is 2.72. The topological polar surface area (TPSA) is 23.6 Å². The van der Waals surface area contributed by atoms with Gasteiger partial charge in [0.15, 0.2) is 0 Å². The third kappa shape index (κ3) is 2.35. The Hall–Kier alpha value is -1.00. The Bertz CT molecular complexity index is 491. The maximum Gasteiger partial charge on any atom is 0.255 e. The summed E-state index contributed by atoms with van der Waals surface area (Å²) >= 11 is 1.66. The number of piperazine rings is 1. The molecule has 2 atom stereocenters. The predicted molar refractivity (Wildman–Crippen MR) is 83.3 cm³/mol. The summed E-state index contributed by atoms with van der Waals surface area (Å²) in [5.74, 6) is 0.234. The van der Waals surface area contributed by atoms with Gasteiger partial charge in [0.1, 0.15) is 0 Å². The zero-order chi connectivity index (χ0) is 14.1. The first kappa shape index (κ1) is 14.0. The second kappa shape index (κ2) is 5.78.